The van der Waals surface area contributed by atoms with Crippen molar-refractivity contribution in [1.29, 1.82) is 0 Å². The lowest BCUT2D eigenvalue weighted by molar-refractivity contribution is -0.244. The molecule has 0 aromatic heterocycles. The Labute approximate surface area is 165 Å². The van der Waals surface area contributed by atoms with Crippen molar-refractivity contribution >= 4 is 26.2 Å². The van der Waals surface area contributed by atoms with Gasteiger partial charge < -0.3 is 14.7 Å². The number of aromatic hydroxyl groups is 1. The first-order valence-electron chi connectivity index (χ1n) is 8.32. The SMILES string of the molecule is CCCOc1cccc(/C=C/C(=O)/C=C/c2cccc(O)c2)c1.O=[P+]([O-])OO.[HH]. The van der Waals surface area contributed by atoms with Gasteiger partial charge >= 0.3 is 8.25 Å². The van der Waals surface area contributed by atoms with Crippen molar-refractivity contribution in [1.82, 2.24) is 0 Å². The van der Waals surface area contributed by atoms with E-state index in [9.17, 15) is 9.90 Å². The van der Waals surface area contributed by atoms with Gasteiger partial charge in [-0.3, -0.25) is 4.79 Å². The monoisotopic (exact) mass is 406 g/mol. The lowest BCUT2D eigenvalue weighted by Gasteiger charge is -2.04. The molecule has 0 aliphatic heterocycles. The van der Waals surface area contributed by atoms with E-state index in [4.69, 9.17) is 19.5 Å². The number of ether oxygens (including phenoxy) is 1. The zero-order valence-corrected chi connectivity index (χ0v) is 16.1. The number of carbonyl (C=O) groups is 1. The van der Waals surface area contributed by atoms with Crippen molar-refractivity contribution < 1.29 is 35.5 Å². The van der Waals surface area contributed by atoms with Crippen LogP contribution in [0.5, 0.6) is 11.5 Å². The fourth-order valence-corrected chi connectivity index (χ4v) is 1.97. The van der Waals surface area contributed by atoms with Gasteiger partial charge in [-0.1, -0.05) is 43.3 Å². The molecule has 150 valence electrons. The summed E-state index contributed by atoms with van der Waals surface area (Å²) in [5, 5.41) is 16.4. The second-order valence-electron chi connectivity index (χ2n) is 5.39. The third-order valence-corrected chi connectivity index (χ3v) is 3.28. The molecule has 0 aliphatic rings. The summed E-state index contributed by atoms with van der Waals surface area (Å²) in [7, 11) is -3.04. The maximum atomic E-state index is 11.9. The highest BCUT2D eigenvalue weighted by atomic mass is 31.1. The molecular weight excluding hydrogens is 383 g/mol. The molecule has 8 heteroatoms. The van der Waals surface area contributed by atoms with Gasteiger partial charge in [-0.25, -0.2) is 5.26 Å². The summed E-state index contributed by atoms with van der Waals surface area (Å²) in [6.07, 6.45) is 7.38. The Morgan fingerprint density at radius 2 is 1.71 bits per heavy atom. The quantitative estimate of drug-likeness (QED) is 0.292. The Kier molecular flexibility index (Phi) is 11.1. The molecule has 2 aromatic carbocycles. The van der Waals surface area contributed by atoms with Gasteiger partial charge in [0.25, 0.3) is 0 Å². The first kappa shape index (κ1) is 23.2. The summed E-state index contributed by atoms with van der Waals surface area (Å²) in [6, 6.07) is 14.4. The molecule has 2 aromatic rings. The molecule has 0 amide bonds. The van der Waals surface area contributed by atoms with Gasteiger partial charge in [0.15, 0.2) is 5.78 Å². The number of carbonyl (C=O) groups excluding carboxylic acids is 1. The summed E-state index contributed by atoms with van der Waals surface area (Å²) in [6.45, 7) is 2.74. The van der Waals surface area contributed by atoms with E-state index >= 15 is 0 Å². The Balaban J connectivity index is 0.00000117. The fraction of sp³-hybridized carbons (Fsp3) is 0.150. The van der Waals surface area contributed by atoms with E-state index in [2.05, 4.69) is 11.6 Å². The molecule has 0 heterocycles. The largest absolute Gasteiger partial charge is 0.565 e. The first-order chi connectivity index (χ1) is 13.4. The Morgan fingerprint density at radius 1 is 1.14 bits per heavy atom. The molecule has 0 saturated carbocycles. The van der Waals surface area contributed by atoms with E-state index in [0.29, 0.717) is 6.61 Å². The van der Waals surface area contributed by atoms with E-state index in [-0.39, 0.29) is 13.0 Å². The Hall–Kier alpha value is -2.83. The van der Waals surface area contributed by atoms with Crippen molar-refractivity contribution in [3.05, 3.63) is 71.8 Å². The molecule has 7 nitrogen and oxygen atoms in total. The molecule has 0 bridgehead atoms. The summed E-state index contributed by atoms with van der Waals surface area (Å²) in [5.74, 6) is 0.865. The fourth-order valence-electron chi connectivity index (χ4n) is 1.97. The summed E-state index contributed by atoms with van der Waals surface area (Å²) in [5.41, 5.74) is 1.69. The number of ketones is 1. The van der Waals surface area contributed by atoms with E-state index in [1.165, 1.54) is 12.2 Å². The lowest BCUT2D eigenvalue weighted by Crippen LogP contribution is -1.94. The summed E-state index contributed by atoms with van der Waals surface area (Å²) in [4.78, 5) is 20.8. The molecule has 0 spiro atoms. The van der Waals surface area contributed by atoms with Crippen LogP contribution in [-0.2, 0) is 14.0 Å². The third-order valence-electron chi connectivity index (χ3n) is 3.15. The van der Waals surface area contributed by atoms with Crippen LogP contribution in [0.15, 0.2) is 60.7 Å². The number of phenols is 1. The average Bonchev–Trinajstić information content (AvgIpc) is 2.70. The van der Waals surface area contributed by atoms with Crippen LogP contribution in [0, 0.1) is 0 Å². The standard InChI is InChI=1S/C20H20O3.HO4P.H2/c1-2-13-23-20-8-4-6-17(15-20)10-12-18(21)11-9-16-5-3-7-19(22)14-16;1-4-5(2)3;/h3-12,14-15,22H,2,13H2,1H3;1H;1H/b11-9+,12-10+;;. The summed E-state index contributed by atoms with van der Waals surface area (Å²) < 4.78 is 17.2. The van der Waals surface area contributed by atoms with Gasteiger partial charge in [0.2, 0.25) is 0 Å². The van der Waals surface area contributed by atoms with Crippen LogP contribution in [0.3, 0.4) is 0 Å². The van der Waals surface area contributed by atoms with Crippen LogP contribution in [0.4, 0.5) is 0 Å². The molecule has 1 unspecified atom stereocenters. The molecule has 0 saturated heterocycles. The highest BCUT2D eigenvalue weighted by Crippen LogP contribution is 2.15. The molecule has 0 aliphatic carbocycles. The number of phenolic OH excluding ortho intramolecular Hbond substituents is 1. The van der Waals surface area contributed by atoms with Gasteiger partial charge in [-0.2, -0.15) is 0 Å². The minimum Gasteiger partial charge on any atom is -0.565 e. The number of hydrogen-bond donors (Lipinski definition) is 2. The maximum Gasteiger partial charge on any atom is 0.521 e. The predicted molar refractivity (Wildman–Crippen MR) is 107 cm³/mol. The number of benzene rings is 2. The second kappa shape index (κ2) is 13.4. The van der Waals surface area contributed by atoms with Gasteiger partial charge in [0.05, 0.1) is 6.61 Å². The van der Waals surface area contributed by atoms with Gasteiger partial charge in [0, 0.05) is 6.10 Å². The van der Waals surface area contributed by atoms with Crippen LogP contribution in [-0.4, -0.2) is 22.8 Å². The molecule has 28 heavy (non-hydrogen) atoms. The van der Waals surface area contributed by atoms with E-state index in [0.717, 1.165) is 23.3 Å². The zero-order valence-electron chi connectivity index (χ0n) is 15.2. The van der Waals surface area contributed by atoms with Gasteiger partial charge in [-0.05, 0) is 58.5 Å². The molecule has 2 N–H and O–H groups in total. The minimum atomic E-state index is -3.04. The van der Waals surface area contributed by atoms with Gasteiger partial charge in [-0.15, -0.1) is 0 Å². The van der Waals surface area contributed by atoms with E-state index < -0.39 is 8.25 Å². The highest BCUT2D eigenvalue weighted by molar-refractivity contribution is 7.30. The van der Waals surface area contributed by atoms with Crippen molar-refractivity contribution in [2.75, 3.05) is 6.61 Å². The molecule has 0 fully saturated rings. The minimum absolute atomic E-state index is 0. The normalized spacial score (nSPS) is 11.2. The molecule has 0 radical (unpaired) electrons. The second-order valence-corrected chi connectivity index (χ2v) is 6.00. The number of rotatable bonds is 8. The number of allylic oxidation sites excluding steroid dienone is 2. The van der Waals surface area contributed by atoms with Crippen molar-refractivity contribution in [3.8, 4) is 11.5 Å². The third kappa shape index (κ3) is 10.4. The van der Waals surface area contributed by atoms with Crippen LogP contribution in [0.25, 0.3) is 12.2 Å². The molecular formula is C20H23O7P. The zero-order chi connectivity index (χ0) is 20.8. The topological polar surface area (TPSA) is 116 Å². The van der Waals surface area contributed by atoms with Crippen molar-refractivity contribution in [2.45, 2.75) is 13.3 Å². The lowest BCUT2D eigenvalue weighted by atomic mass is 10.1. The van der Waals surface area contributed by atoms with E-state index in [1.807, 2.05) is 30.3 Å². The van der Waals surface area contributed by atoms with Crippen molar-refractivity contribution in [2.24, 2.45) is 0 Å². The predicted octanol–water partition coefficient (Wildman–Crippen LogP) is 4.22. The van der Waals surface area contributed by atoms with Crippen LogP contribution in [0.2, 0.25) is 0 Å². The van der Waals surface area contributed by atoms with Crippen LogP contribution >= 0.6 is 8.25 Å². The molecule has 1 atom stereocenters. The van der Waals surface area contributed by atoms with Crippen molar-refractivity contribution in [3.63, 3.8) is 0 Å². The first-order valence-corrected chi connectivity index (χ1v) is 9.42. The molecule has 2 rings (SSSR count). The Morgan fingerprint density at radius 3 is 2.25 bits per heavy atom. The number of hydrogen-bond acceptors (Lipinski definition) is 7. The Bertz CT molecular complexity index is 837. The smallest absolute Gasteiger partial charge is 0.521 e. The van der Waals surface area contributed by atoms with E-state index in [1.54, 1.807) is 30.4 Å². The highest BCUT2D eigenvalue weighted by Gasteiger charge is 1.96. The van der Waals surface area contributed by atoms with Crippen LogP contribution in [0.1, 0.15) is 25.9 Å². The van der Waals surface area contributed by atoms with Crippen LogP contribution < -0.4 is 9.63 Å². The maximum absolute atomic E-state index is 11.9. The average molecular weight is 406 g/mol. The summed E-state index contributed by atoms with van der Waals surface area (Å²) >= 11 is 0. The van der Waals surface area contributed by atoms with Gasteiger partial charge in [0.1, 0.15) is 11.5 Å².